The molecule has 31 heavy (non-hydrogen) atoms. The molecule has 0 saturated heterocycles. The van der Waals surface area contributed by atoms with Crippen molar-refractivity contribution in [2.45, 2.75) is 86.0 Å². The molecule has 0 N–H and O–H groups in total. The largest absolute Gasteiger partial charge is 0.320 e. The van der Waals surface area contributed by atoms with Gasteiger partial charge in [-0.1, -0.05) is 97.7 Å². The van der Waals surface area contributed by atoms with Gasteiger partial charge in [0.2, 0.25) is 0 Å². The Balaban J connectivity index is 2.69. The number of hydrogen-bond acceptors (Lipinski definition) is 1. The van der Waals surface area contributed by atoms with E-state index < -0.39 is 0 Å². The molecule has 0 fully saturated rings. The van der Waals surface area contributed by atoms with Gasteiger partial charge in [0.1, 0.15) is 0 Å². The topological polar surface area (TPSA) is 15.6 Å². The molecule has 0 atom stereocenters. The van der Waals surface area contributed by atoms with Gasteiger partial charge in [-0.15, -0.1) is 5.92 Å². The highest BCUT2D eigenvalue weighted by Crippen LogP contribution is 2.37. The predicted octanol–water partition coefficient (Wildman–Crippen LogP) is 8.37. The van der Waals surface area contributed by atoms with Crippen LogP contribution in [0.5, 0.6) is 0 Å². The lowest BCUT2D eigenvalue weighted by molar-refractivity contribution is 0.826. The Morgan fingerprint density at radius 2 is 1.16 bits per heavy atom. The highest BCUT2D eigenvalue weighted by molar-refractivity contribution is 5.86. The summed E-state index contributed by atoms with van der Waals surface area (Å²) in [4.78, 5) is 7.36. The fraction of sp³-hybridized carbons (Fsp3) is 0.483. The van der Waals surface area contributed by atoms with Crippen molar-refractivity contribution in [3.63, 3.8) is 0 Å². The third kappa shape index (κ3) is 6.01. The molecule has 2 aromatic carbocycles. The van der Waals surface area contributed by atoms with E-state index in [9.17, 15) is 0 Å². The van der Waals surface area contributed by atoms with E-state index in [1.807, 2.05) is 13.3 Å². The molecule has 0 spiro atoms. The van der Waals surface area contributed by atoms with Crippen LogP contribution >= 0.6 is 0 Å². The number of aliphatic imine (C=N–C) groups is 1. The minimum Gasteiger partial charge on any atom is -0.320 e. The van der Waals surface area contributed by atoms with Crippen LogP contribution < -0.4 is 4.90 Å². The minimum absolute atomic E-state index is 0.420. The number of hydrogen-bond donors (Lipinski definition) is 0. The molecular formula is C29H40N2. The lowest BCUT2D eigenvalue weighted by Gasteiger charge is -2.27. The molecule has 166 valence electrons. The van der Waals surface area contributed by atoms with Crippen molar-refractivity contribution in [3.8, 4) is 11.8 Å². The summed E-state index contributed by atoms with van der Waals surface area (Å²) in [6, 6.07) is 13.2. The van der Waals surface area contributed by atoms with Crippen LogP contribution in [0.2, 0.25) is 0 Å². The SMILES string of the molecule is CC#CCN(C=Nc1c(C(C)C)cccc1C(C)C)c1c(C(C)C)cccc1C(C)C. The fourth-order valence-corrected chi connectivity index (χ4v) is 3.97. The Hall–Kier alpha value is -2.53. The molecule has 2 aromatic rings. The van der Waals surface area contributed by atoms with Gasteiger partial charge in [0.15, 0.2) is 0 Å². The van der Waals surface area contributed by atoms with Crippen LogP contribution in [0.1, 0.15) is 108 Å². The molecule has 2 nitrogen and oxygen atoms in total. The van der Waals surface area contributed by atoms with Crippen molar-refractivity contribution in [2.75, 3.05) is 11.4 Å². The third-order valence-corrected chi connectivity index (χ3v) is 5.72. The summed E-state index contributed by atoms with van der Waals surface area (Å²) in [7, 11) is 0. The summed E-state index contributed by atoms with van der Waals surface area (Å²) < 4.78 is 0. The summed E-state index contributed by atoms with van der Waals surface area (Å²) >= 11 is 0. The predicted molar refractivity (Wildman–Crippen MR) is 138 cm³/mol. The zero-order valence-electron chi connectivity index (χ0n) is 21.0. The molecule has 0 saturated carbocycles. The molecule has 0 aliphatic heterocycles. The molecule has 0 unspecified atom stereocenters. The van der Waals surface area contributed by atoms with Crippen LogP contribution in [0.4, 0.5) is 11.4 Å². The average molecular weight is 417 g/mol. The van der Waals surface area contributed by atoms with Crippen LogP contribution in [-0.2, 0) is 0 Å². The first-order valence-corrected chi connectivity index (χ1v) is 11.6. The van der Waals surface area contributed by atoms with Crippen molar-refractivity contribution >= 4 is 17.7 Å². The molecule has 0 heterocycles. The molecule has 0 amide bonds. The molecular weight excluding hydrogens is 376 g/mol. The van der Waals surface area contributed by atoms with E-state index in [0.29, 0.717) is 30.2 Å². The Bertz CT molecular complexity index is 900. The van der Waals surface area contributed by atoms with Gasteiger partial charge >= 0.3 is 0 Å². The molecule has 0 aromatic heterocycles. The summed E-state index contributed by atoms with van der Waals surface area (Å²) in [5.74, 6) is 8.03. The molecule has 0 bridgehead atoms. The smallest absolute Gasteiger partial charge is 0.0965 e. The van der Waals surface area contributed by atoms with E-state index >= 15 is 0 Å². The maximum absolute atomic E-state index is 5.11. The van der Waals surface area contributed by atoms with Gasteiger partial charge in [-0.2, -0.15) is 0 Å². The van der Waals surface area contributed by atoms with Crippen LogP contribution in [-0.4, -0.2) is 12.9 Å². The zero-order chi connectivity index (χ0) is 23.1. The van der Waals surface area contributed by atoms with Crippen molar-refractivity contribution < 1.29 is 0 Å². The van der Waals surface area contributed by atoms with Crippen LogP contribution in [0.25, 0.3) is 0 Å². The quantitative estimate of drug-likeness (QED) is 0.240. The van der Waals surface area contributed by atoms with Gasteiger partial charge in [-0.25, -0.2) is 4.99 Å². The summed E-state index contributed by atoms with van der Waals surface area (Å²) in [6.45, 7) is 20.5. The number of benzene rings is 2. The van der Waals surface area contributed by atoms with Crippen LogP contribution in [0.15, 0.2) is 41.4 Å². The molecule has 2 rings (SSSR count). The highest BCUT2D eigenvalue weighted by atomic mass is 15.2. The van der Waals surface area contributed by atoms with E-state index in [1.165, 1.54) is 27.9 Å². The van der Waals surface area contributed by atoms with Crippen molar-refractivity contribution in [1.82, 2.24) is 0 Å². The van der Waals surface area contributed by atoms with Crippen molar-refractivity contribution in [2.24, 2.45) is 4.99 Å². The second kappa shape index (κ2) is 11.2. The Morgan fingerprint density at radius 3 is 1.55 bits per heavy atom. The van der Waals surface area contributed by atoms with Gasteiger partial charge in [-0.05, 0) is 52.8 Å². The number of para-hydroxylation sites is 2. The first-order valence-electron chi connectivity index (χ1n) is 11.6. The molecule has 0 aliphatic carbocycles. The highest BCUT2D eigenvalue weighted by Gasteiger charge is 2.19. The molecule has 2 heteroatoms. The first-order chi connectivity index (χ1) is 14.7. The van der Waals surface area contributed by atoms with Crippen molar-refractivity contribution in [3.05, 3.63) is 58.7 Å². The van der Waals surface area contributed by atoms with Gasteiger partial charge < -0.3 is 4.90 Å². The van der Waals surface area contributed by atoms with Crippen LogP contribution in [0.3, 0.4) is 0 Å². The first kappa shape index (κ1) is 24.7. The normalized spacial score (nSPS) is 11.6. The lowest BCUT2D eigenvalue weighted by Crippen LogP contribution is -2.25. The van der Waals surface area contributed by atoms with Crippen molar-refractivity contribution in [1.29, 1.82) is 0 Å². The Kier molecular flexibility index (Phi) is 8.93. The number of rotatable bonds is 8. The standard InChI is InChI=1S/C29H40N2/c1-10-11-18-31(29-26(22(6)7)16-13-17-27(29)23(8)9)19-30-28-24(20(2)3)14-12-15-25(28)21(4)5/h12-17,19-23H,18H2,1-9H3. The van der Waals surface area contributed by atoms with E-state index in [2.05, 4.69) is 109 Å². The monoisotopic (exact) mass is 416 g/mol. The minimum atomic E-state index is 0.420. The average Bonchev–Trinajstić information content (AvgIpc) is 2.72. The molecule has 0 aliphatic rings. The summed E-state index contributed by atoms with van der Waals surface area (Å²) in [5, 5.41) is 0. The molecule has 0 radical (unpaired) electrons. The fourth-order valence-electron chi connectivity index (χ4n) is 3.97. The van der Waals surface area contributed by atoms with E-state index in [1.54, 1.807) is 0 Å². The second-order valence-electron chi connectivity index (χ2n) is 9.49. The van der Waals surface area contributed by atoms with Crippen LogP contribution in [0, 0.1) is 11.8 Å². The maximum Gasteiger partial charge on any atom is 0.0965 e. The zero-order valence-corrected chi connectivity index (χ0v) is 21.0. The van der Waals surface area contributed by atoms with Gasteiger partial charge in [-0.3, -0.25) is 0 Å². The van der Waals surface area contributed by atoms with Gasteiger partial charge in [0, 0.05) is 5.69 Å². The van der Waals surface area contributed by atoms with Gasteiger partial charge in [0.05, 0.1) is 18.6 Å². The second-order valence-corrected chi connectivity index (χ2v) is 9.49. The lowest BCUT2D eigenvalue weighted by atomic mass is 9.92. The van der Waals surface area contributed by atoms with E-state index in [-0.39, 0.29) is 0 Å². The Morgan fingerprint density at radius 1 is 0.742 bits per heavy atom. The Labute approximate surface area is 190 Å². The maximum atomic E-state index is 5.11. The van der Waals surface area contributed by atoms with Gasteiger partial charge in [0.25, 0.3) is 0 Å². The van der Waals surface area contributed by atoms with E-state index in [4.69, 9.17) is 4.99 Å². The third-order valence-electron chi connectivity index (χ3n) is 5.72. The summed E-state index contributed by atoms with van der Waals surface area (Å²) in [6.07, 6.45) is 2.02. The summed E-state index contributed by atoms with van der Waals surface area (Å²) in [5.41, 5.74) is 7.64. The number of anilines is 1. The number of nitrogens with zero attached hydrogens (tertiary/aromatic N) is 2. The van der Waals surface area contributed by atoms with E-state index in [0.717, 1.165) is 5.69 Å².